The molecular formula is C15H14FN3. The maximum absolute atomic E-state index is 13.7. The van der Waals surface area contributed by atoms with Crippen molar-refractivity contribution >= 4 is 11.5 Å². The van der Waals surface area contributed by atoms with Crippen molar-refractivity contribution in [1.29, 1.82) is 0 Å². The Morgan fingerprint density at radius 2 is 2.00 bits per heavy atom. The van der Waals surface area contributed by atoms with E-state index in [1.807, 2.05) is 41.8 Å². The number of halogens is 1. The largest absolute Gasteiger partial charge is 0.365 e. The molecule has 1 atom stereocenters. The highest BCUT2D eigenvalue weighted by Crippen LogP contribution is 2.22. The number of nitrogens with one attached hydrogen (secondary N) is 1. The first-order valence-electron chi connectivity index (χ1n) is 6.19. The molecule has 1 N–H and O–H groups in total. The van der Waals surface area contributed by atoms with Gasteiger partial charge in [0.05, 0.1) is 6.04 Å². The van der Waals surface area contributed by atoms with E-state index in [9.17, 15) is 4.39 Å². The molecule has 4 heteroatoms. The number of fused-ring (bicyclic) bond motifs is 1. The summed E-state index contributed by atoms with van der Waals surface area (Å²) in [5, 5.41) is 3.31. The number of nitrogens with zero attached hydrogens (tertiary/aromatic N) is 2. The predicted octanol–water partition coefficient (Wildman–Crippen LogP) is 3.65. The highest BCUT2D eigenvalue weighted by molar-refractivity contribution is 5.50. The van der Waals surface area contributed by atoms with E-state index >= 15 is 0 Å². The third-order valence-electron chi connectivity index (χ3n) is 3.16. The molecule has 2 aromatic heterocycles. The summed E-state index contributed by atoms with van der Waals surface area (Å²) in [6, 6.07) is 12.5. The van der Waals surface area contributed by atoms with Gasteiger partial charge in [-0.3, -0.25) is 4.40 Å². The van der Waals surface area contributed by atoms with Crippen molar-refractivity contribution in [3.05, 3.63) is 66.2 Å². The molecule has 0 bridgehead atoms. The third kappa shape index (κ3) is 2.17. The number of anilines is 1. The van der Waals surface area contributed by atoms with Crippen molar-refractivity contribution in [2.24, 2.45) is 0 Å². The summed E-state index contributed by atoms with van der Waals surface area (Å²) in [6.45, 7) is 1.94. The van der Waals surface area contributed by atoms with E-state index in [0.29, 0.717) is 5.56 Å². The van der Waals surface area contributed by atoms with Crippen LogP contribution in [0.15, 0.2) is 54.9 Å². The van der Waals surface area contributed by atoms with Crippen LogP contribution in [-0.4, -0.2) is 9.38 Å². The van der Waals surface area contributed by atoms with E-state index in [1.54, 1.807) is 18.3 Å². The smallest absolute Gasteiger partial charge is 0.138 e. The molecule has 0 saturated heterocycles. The zero-order valence-electron chi connectivity index (χ0n) is 10.5. The van der Waals surface area contributed by atoms with E-state index in [4.69, 9.17) is 0 Å². The van der Waals surface area contributed by atoms with Gasteiger partial charge in [-0.1, -0.05) is 24.3 Å². The lowest BCUT2D eigenvalue weighted by atomic mass is 10.1. The van der Waals surface area contributed by atoms with Crippen molar-refractivity contribution in [2.75, 3.05) is 5.32 Å². The zero-order valence-corrected chi connectivity index (χ0v) is 10.5. The molecule has 0 amide bonds. The minimum Gasteiger partial charge on any atom is -0.365 e. The molecule has 0 aliphatic carbocycles. The molecule has 0 radical (unpaired) electrons. The molecule has 0 spiro atoms. The summed E-state index contributed by atoms with van der Waals surface area (Å²) < 4.78 is 15.7. The first-order valence-corrected chi connectivity index (χ1v) is 6.19. The lowest BCUT2D eigenvalue weighted by Crippen LogP contribution is -2.10. The Labute approximate surface area is 110 Å². The van der Waals surface area contributed by atoms with E-state index < -0.39 is 0 Å². The fraction of sp³-hybridized carbons (Fsp3) is 0.133. The fourth-order valence-electron chi connectivity index (χ4n) is 2.19. The maximum Gasteiger partial charge on any atom is 0.138 e. The average Bonchev–Trinajstić information content (AvgIpc) is 2.88. The Morgan fingerprint density at radius 1 is 1.16 bits per heavy atom. The van der Waals surface area contributed by atoms with Crippen molar-refractivity contribution in [3.63, 3.8) is 0 Å². The number of aromatic nitrogens is 2. The van der Waals surface area contributed by atoms with Gasteiger partial charge in [-0.2, -0.15) is 0 Å². The Bertz CT molecular complexity index is 705. The van der Waals surface area contributed by atoms with Crippen molar-refractivity contribution in [2.45, 2.75) is 13.0 Å². The van der Waals surface area contributed by atoms with Crippen LogP contribution >= 0.6 is 0 Å². The SMILES string of the molecule is CC(Nc1cccc2nccn12)c1ccccc1F. The van der Waals surface area contributed by atoms with Gasteiger partial charge in [0.25, 0.3) is 0 Å². The van der Waals surface area contributed by atoms with Crippen LogP contribution in [0.4, 0.5) is 10.2 Å². The molecule has 0 saturated carbocycles. The van der Waals surface area contributed by atoms with Crippen LogP contribution in [0.5, 0.6) is 0 Å². The van der Waals surface area contributed by atoms with Gasteiger partial charge < -0.3 is 5.32 Å². The molecule has 19 heavy (non-hydrogen) atoms. The molecule has 96 valence electrons. The number of pyridine rings is 1. The molecule has 3 aromatic rings. The quantitative estimate of drug-likeness (QED) is 0.774. The highest BCUT2D eigenvalue weighted by Gasteiger charge is 2.11. The number of imidazole rings is 1. The Balaban J connectivity index is 1.93. The van der Waals surface area contributed by atoms with Crippen molar-refractivity contribution < 1.29 is 4.39 Å². The van der Waals surface area contributed by atoms with Gasteiger partial charge in [0.1, 0.15) is 17.3 Å². The van der Waals surface area contributed by atoms with E-state index in [2.05, 4.69) is 10.3 Å². The Kier molecular flexibility index (Phi) is 2.91. The first-order chi connectivity index (χ1) is 9.25. The highest BCUT2D eigenvalue weighted by atomic mass is 19.1. The summed E-state index contributed by atoms with van der Waals surface area (Å²) in [5.74, 6) is 0.700. The van der Waals surface area contributed by atoms with Crippen LogP contribution in [0.2, 0.25) is 0 Å². The normalized spacial score (nSPS) is 12.5. The summed E-state index contributed by atoms with van der Waals surface area (Å²) in [7, 11) is 0. The molecule has 1 aromatic carbocycles. The predicted molar refractivity (Wildman–Crippen MR) is 73.6 cm³/mol. The zero-order chi connectivity index (χ0) is 13.2. The second-order valence-electron chi connectivity index (χ2n) is 4.45. The van der Waals surface area contributed by atoms with Gasteiger partial charge in [0.15, 0.2) is 0 Å². The molecule has 3 rings (SSSR count). The number of rotatable bonds is 3. The molecule has 0 aliphatic heterocycles. The molecule has 1 unspecified atom stereocenters. The number of benzene rings is 1. The average molecular weight is 255 g/mol. The lowest BCUT2D eigenvalue weighted by Gasteiger charge is -2.17. The molecular weight excluding hydrogens is 241 g/mol. The summed E-state index contributed by atoms with van der Waals surface area (Å²) in [6.07, 6.45) is 3.63. The molecule has 2 heterocycles. The second-order valence-corrected chi connectivity index (χ2v) is 4.45. The summed E-state index contributed by atoms with van der Waals surface area (Å²) in [4.78, 5) is 4.23. The number of hydrogen-bond acceptors (Lipinski definition) is 2. The molecule has 0 fully saturated rings. The van der Waals surface area contributed by atoms with Crippen LogP contribution in [0, 0.1) is 5.82 Å². The van der Waals surface area contributed by atoms with E-state index in [1.165, 1.54) is 6.07 Å². The van der Waals surface area contributed by atoms with Crippen LogP contribution in [0.3, 0.4) is 0 Å². The Hall–Kier alpha value is -2.36. The van der Waals surface area contributed by atoms with Gasteiger partial charge in [-0.15, -0.1) is 0 Å². The van der Waals surface area contributed by atoms with E-state index in [0.717, 1.165) is 11.5 Å². The lowest BCUT2D eigenvalue weighted by molar-refractivity contribution is 0.600. The van der Waals surface area contributed by atoms with Crippen LogP contribution in [-0.2, 0) is 0 Å². The minimum atomic E-state index is -0.194. The van der Waals surface area contributed by atoms with E-state index in [-0.39, 0.29) is 11.9 Å². The number of hydrogen-bond donors (Lipinski definition) is 1. The standard InChI is InChI=1S/C15H14FN3/c1-11(12-5-2-3-6-13(12)16)18-15-8-4-7-14-17-9-10-19(14)15/h2-11,18H,1H3. The van der Waals surface area contributed by atoms with Crippen molar-refractivity contribution in [3.8, 4) is 0 Å². The summed E-state index contributed by atoms with van der Waals surface area (Å²) in [5.41, 5.74) is 1.52. The minimum absolute atomic E-state index is 0.116. The third-order valence-corrected chi connectivity index (χ3v) is 3.16. The van der Waals surface area contributed by atoms with Gasteiger partial charge >= 0.3 is 0 Å². The van der Waals surface area contributed by atoms with Crippen LogP contribution in [0.1, 0.15) is 18.5 Å². The van der Waals surface area contributed by atoms with Gasteiger partial charge in [-0.05, 0) is 25.1 Å². The van der Waals surface area contributed by atoms with Crippen molar-refractivity contribution in [1.82, 2.24) is 9.38 Å². The van der Waals surface area contributed by atoms with Crippen LogP contribution < -0.4 is 5.32 Å². The Morgan fingerprint density at radius 3 is 2.84 bits per heavy atom. The summed E-state index contributed by atoms with van der Waals surface area (Å²) >= 11 is 0. The topological polar surface area (TPSA) is 29.3 Å². The maximum atomic E-state index is 13.7. The van der Waals surface area contributed by atoms with Gasteiger partial charge in [-0.25, -0.2) is 9.37 Å². The molecule has 0 aliphatic rings. The van der Waals surface area contributed by atoms with Crippen LogP contribution in [0.25, 0.3) is 5.65 Å². The monoisotopic (exact) mass is 255 g/mol. The second kappa shape index (κ2) is 4.72. The first kappa shape index (κ1) is 11.7. The van der Waals surface area contributed by atoms with Gasteiger partial charge in [0.2, 0.25) is 0 Å². The fourth-order valence-corrected chi connectivity index (χ4v) is 2.19. The molecule has 3 nitrogen and oxygen atoms in total. The van der Waals surface area contributed by atoms with Gasteiger partial charge in [0, 0.05) is 18.0 Å².